The van der Waals surface area contributed by atoms with Crippen LogP contribution in [0.3, 0.4) is 0 Å². The van der Waals surface area contributed by atoms with Crippen LogP contribution in [0.2, 0.25) is 0 Å². The lowest BCUT2D eigenvalue weighted by molar-refractivity contribution is -0.118. The van der Waals surface area contributed by atoms with Gasteiger partial charge in [-0.1, -0.05) is 29.5 Å². The molecule has 1 aromatic carbocycles. The van der Waals surface area contributed by atoms with E-state index in [2.05, 4.69) is 11.1 Å². The number of carbonyl (C=O) groups is 1. The van der Waals surface area contributed by atoms with Crippen LogP contribution in [0.5, 0.6) is 0 Å². The Morgan fingerprint density at radius 3 is 2.88 bits per heavy atom. The number of para-hydroxylation sites is 1. The summed E-state index contributed by atoms with van der Waals surface area (Å²) >= 11 is 1.19. The first kappa shape index (κ1) is 15.8. The van der Waals surface area contributed by atoms with Crippen molar-refractivity contribution in [2.24, 2.45) is 0 Å². The quantitative estimate of drug-likeness (QED) is 0.729. The van der Waals surface area contributed by atoms with E-state index < -0.39 is 0 Å². The summed E-state index contributed by atoms with van der Waals surface area (Å²) in [4.78, 5) is 30.0. The van der Waals surface area contributed by atoms with Crippen molar-refractivity contribution in [2.75, 3.05) is 11.9 Å². The second kappa shape index (κ2) is 6.29. The fourth-order valence-corrected chi connectivity index (χ4v) is 3.87. The summed E-state index contributed by atoms with van der Waals surface area (Å²) in [5, 5.41) is 1.79. The predicted octanol–water partition coefficient (Wildman–Crippen LogP) is 2.93. The zero-order valence-electron chi connectivity index (χ0n) is 13.8. The lowest BCUT2D eigenvalue weighted by atomic mass is 9.94. The Balaban J connectivity index is 1.76. The maximum Gasteiger partial charge on any atom is 0.307 e. The third kappa shape index (κ3) is 2.89. The van der Waals surface area contributed by atoms with E-state index in [1.807, 2.05) is 31.4 Å². The van der Waals surface area contributed by atoms with Crippen molar-refractivity contribution in [3.8, 4) is 11.1 Å². The number of pyridine rings is 1. The van der Waals surface area contributed by atoms with Gasteiger partial charge in [0.2, 0.25) is 5.91 Å². The van der Waals surface area contributed by atoms with Crippen LogP contribution in [-0.2, 0) is 17.8 Å². The highest BCUT2D eigenvalue weighted by atomic mass is 32.1. The first-order valence-electron chi connectivity index (χ1n) is 8.10. The molecule has 0 saturated carbocycles. The molecule has 1 aliphatic rings. The molecule has 0 radical (unpaired) electrons. The van der Waals surface area contributed by atoms with Crippen LogP contribution in [0.1, 0.15) is 17.5 Å². The van der Waals surface area contributed by atoms with Crippen LogP contribution >= 0.6 is 11.3 Å². The van der Waals surface area contributed by atoms with E-state index >= 15 is 0 Å². The molecule has 0 N–H and O–H groups in total. The zero-order valence-corrected chi connectivity index (χ0v) is 14.6. The summed E-state index contributed by atoms with van der Waals surface area (Å²) in [6.45, 7) is 0.493. The second-order valence-electron chi connectivity index (χ2n) is 6.14. The number of aromatic nitrogens is 2. The van der Waals surface area contributed by atoms with Gasteiger partial charge in [0.05, 0.1) is 12.2 Å². The molecule has 3 aromatic rings. The molecule has 0 fully saturated rings. The van der Waals surface area contributed by atoms with Crippen molar-refractivity contribution in [1.29, 1.82) is 0 Å². The monoisotopic (exact) mass is 351 g/mol. The van der Waals surface area contributed by atoms with E-state index in [9.17, 15) is 9.59 Å². The van der Waals surface area contributed by atoms with E-state index in [4.69, 9.17) is 0 Å². The van der Waals surface area contributed by atoms with Crippen LogP contribution < -0.4 is 9.77 Å². The van der Waals surface area contributed by atoms with E-state index in [-0.39, 0.29) is 10.8 Å². The summed E-state index contributed by atoms with van der Waals surface area (Å²) in [5.41, 5.74) is 5.06. The smallest absolute Gasteiger partial charge is 0.307 e. The molecule has 25 heavy (non-hydrogen) atoms. The lowest BCUT2D eigenvalue weighted by Gasteiger charge is -2.28. The summed E-state index contributed by atoms with van der Waals surface area (Å²) < 4.78 is 1.67. The van der Waals surface area contributed by atoms with Crippen LogP contribution in [0.15, 0.2) is 53.0 Å². The Hall–Kier alpha value is -2.73. The van der Waals surface area contributed by atoms with Gasteiger partial charge in [0, 0.05) is 48.6 Å². The van der Waals surface area contributed by atoms with Crippen LogP contribution in [0.4, 0.5) is 5.69 Å². The number of hydrogen-bond donors (Lipinski definition) is 0. The molecule has 0 spiro atoms. The minimum absolute atomic E-state index is 0.0211. The number of aryl methyl sites for hydroxylation is 1. The first-order chi connectivity index (χ1) is 12.1. The molecule has 1 aliphatic heterocycles. The number of anilines is 1. The second-order valence-corrected chi connectivity index (χ2v) is 7.00. The molecule has 126 valence electrons. The van der Waals surface area contributed by atoms with E-state index in [1.165, 1.54) is 16.9 Å². The van der Waals surface area contributed by atoms with Crippen LogP contribution in [-0.4, -0.2) is 22.5 Å². The zero-order chi connectivity index (χ0) is 17.4. The fourth-order valence-electron chi connectivity index (χ4n) is 3.28. The third-order valence-corrected chi connectivity index (χ3v) is 5.23. The molecule has 0 atom stereocenters. The molecular weight excluding hydrogens is 334 g/mol. The molecule has 4 rings (SSSR count). The Bertz CT molecular complexity index is 1010. The lowest BCUT2D eigenvalue weighted by Crippen LogP contribution is -2.31. The van der Waals surface area contributed by atoms with Gasteiger partial charge in [0.25, 0.3) is 0 Å². The van der Waals surface area contributed by atoms with Crippen molar-refractivity contribution in [3.63, 3.8) is 0 Å². The van der Waals surface area contributed by atoms with Crippen molar-refractivity contribution in [3.05, 3.63) is 69.0 Å². The summed E-state index contributed by atoms with van der Waals surface area (Å²) in [6, 6.07) is 8.16. The molecule has 3 heterocycles. The number of carbonyl (C=O) groups excluding carboxylic acids is 1. The topological polar surface area (TPSA) is 55.2 Å². The number of rotatable bonds is 3. The van der Waals surface area contributed by atoms with Crippen molar-refractivity contribution >= 4 is 22.9 Å². The molecule has 1 amide bonds. The molecule has 0 aliphatic carbocycles. The van der Waals surface area contributed by atoms with Gasteiger partial charge in [0.1, 0.15) is 0 Å². The van der Waals surface area contributed by atoms with Gasteiger partial charge in [-0.3, -0.25) is 14.6 Å². The predicted molar refractivity (Wildman–Crippen MR) is 99.1 cm³/mol. The van der Waals surface area contributed by atoms with Gasteiger partial charge >= 0.3 is 4.87 Å². The van der Waals surface area contributed by atoms with E-state index in [0.717, 1.165) is 28.8 Å². The molecule has 5 nitrogen and oxygen atoms in total. The maximum absolute atomic E-state index is 12.1. The minimum atomic E-state index is 0.0211. The first-order valence-corrected chi connectivity index (χ1v) is 8.98. The number of thiazole rings is 1. The Morgan fingerprint density at radius 1 is 1.20 bits per heavy atom. The summed E-state index contributed by atoms with van der Waals surface area (Å²) in [5.74, 6) is 0.133. The number of amides is 1. The van der Waals surface area contributed by atoms with Crippen LogP contribution in [0, 0.1) is 0 Å². The van der Waals surface area contributed by atoms with Crippen LogP contribution in [0.25, 0.3) is 11.1 Å². The number of benzene rings is 1. The van der Waals surface area contributed by atoms with Gasteiger partial charge in [-0.15, -0.1) is 0 Å². The molecular formula is C19H17N3O2S. The third-order valence-electron chi connectivity index (χ3n) is 4.54. The molecule has 2 aromatic heterocycles. The minimum Gasteiger partial charge on any atom is -0.315 e. The van der Waals surface area contributed by atoms with Gasteiger partial charge < -0.3 is 9.47 Å². The highest BCUT2D eigenvalue weighted by Gasteiger charge is 2.24. The SMILES string of the molecule is CN1C(=O)CCc2cccc(-c3cncc(Cn4ccsc4=O)c3)c21. The van der Waals surface area contributed by atoms with Gasteiger partial charge in [0.15, 0.2) is 0 Å². The highest BCUT2D eigenvalue weighted by molar-refractivity contribution is 7.07. The Labute approximate surface area is 149 Å². The Kier molecular flexibility index (Phi) is 3.97. The van der Waals surface area contributed by atoms with Gasteiger partial charge in [-0.25, -0.2) is 0 Å². The normalized spacial score (nSPS) is 13.8. The Morgan fingerprint density at radius 2 is 2.08 bits per heavy atom. The average molecular weight is 351 g/mol. The molecule has 0 bridgehead atoms. The summed E-state index contributed by atoms with van der Waals surface area (Å²) in [7, 11) is 1.83. The van der Waals surface area contributed by atoms with Gasteiger partial charge in [-0.2, -0.15) is 0 Å². The standard InChI is InChI=1S/C19H17N3O2S/c1-21-17(23)6-5-14-3-2-4-16(18(14)21)15-9-13(10-20-11-15)12-22-7-8-25-19(22)24/h2-4,7-11H,5-6,12H2,1H3. The number of nitrogens with zero attached hydrogens (tertiary/aromatic N) is 3. The summed E-state index contributed by atoms with van der Waals surface area (Å²) in [6.07, 6.45) is 6.69. The van der Waals surface area contributed by atoms with Crippen molar-refractivity contribution in [1.82, 2.24) is 9.55 Å². The highest BCUT2D eigenvalue weighted by Crippen LogP contribution is 2.37. The van der Waals surface area contributed by atoms with Crippen molar-refractivity contribution in [2.45, 2.75) is 19.4 Å². The number of hydrogen-bond acceptors (Lipinski definition) is 4. The van der Waals surface area contributed by atoms with Gasteiger partial charge in [-0.05, 0) is 23.6 Å². The largest absolute Gasteiger partial charge is 0.315 e. The molecule has 6 heteroatoms. The molecule has 0 saturated heterocycles. The van der Waals surface area contributed by atoms with E-state index in [0.29, 0.717) is 13.0 Å². The number of fused-ring (bicyclic) bond motifs is 1. The maximum atomic E-state index is 12.1. The van der Waals surface area contributed by atoms with Crippen molar-refractivity contribution < 1.29 is 4.79 Å². The molecule has 0 unspecified atom stereocenters. The fraction of sp³-hybridized carbons (Fsp3) is 0.211. The van der Waals surface area contributed by atoms with E-state index in [1.54, 1.807) is 27.2 Å². The average Bonchev–Trinajstić information content (AvgIpc) is 3.03.